The summed E-state index contributed by atoms with van der Waals surface area (Å²) in [5.41, 5.74) is 0. The zero-order chi connectivity index (χ0) is 4.99. The molecule has 0 unspecified atom stereocenters. The molecule has 6 heavy (non-hydrogen) atoms. The number of nitrogens with zero attached hydrogens (tertiary/aromatic N) is 2. The van der Waals surface area contributed by atoms with Gasteiger partial charge in [0.25, 0.3) is 0 Å². The fraction of sp³-hybridized carbons (Fsp3) is 0. The Labute approximate surface area is 38.4 Å². The quantitative estimate of drug-likeness (QED) is 0.232. The van der Waals surface area contributed by atoms with Crippen LogP contribution < -0.4 is 0 Å². The molecule has 1 N–H and O–H groups in total. The van der Waals surface area contributed by atoms with Crippen molar-refractivity contribution in [2.45, 2.75) is 0 Å². The Balaban J connectivity index is 3.04. The summed E-state index contributed by atoms with van der Waals surface area (Å²) in [7, 11) is 0. The largest absolute Gasteiger partial charge is 0.266 e. The molecule has 0 heterocycles. The van der Waals surface area contributed by atoms with Crippen LogP contribution in [0.2, 0.25) is 0 Å². The van der Waals surface area contributed by atoms with Crippen molar-refractivity contribution < 1.29 is 9.09 Å². The standard InChI is InChI=1S/CHFN2OS/c2-6-4(5)1-3/h5H. The molecular formula is CHFN2OS. The zero-order valence-electron chi connectivity index (χ0n) is 2.63. The SMILES string of the molecule is N#CN(O)SF. The lowest BCUT2D eigenvalue weighted by atomic mass is 11.4. The van der Waals surface area contributed by atoms with E-state index >= 15 is 0 Å². The molecule has 0 aromatic rings. The molecule has 3 nitrogen and oxygen atoms in total. The van der Waals surface area contributed by atoms with Crippen LogP contribution in [0.5, 0.6) is 0 Å². The van der Waals surface area contributed by atoms with E-state index in [1.54, 1.807) is 0 Å². The maximum absolute atomic E-state index is 10.8. The predicted octanol–water partition coefficient (Wildman–Crippen LogP) is 0.691. The molecule has 0 aliphatic heterocycles. The first-order valence-corrected chi connectivity index (χ1v) is 1.66. The predicted molar refractivity (Wildman–Crippen MR) is 17.9 cm³/mol. The second-order valence-corrected chi connectivity index (χ2v) is 0.926. The lowest BCUT2D eigenvalue weighted by molar-refractivity contribution is 0.0750. The van der Waals surface area contributed by atoms with Crippen molar-refractivity contribution in [3.8, 4) is 6.19 Å². The van der Waals surface area contributed by atoms with Gasteiger partial charge in [0.1, 0.15) is 0 Å². The van der Waals surface area contributed by atoms with Crippen LogP contribution in [0.3, 0.4) is 0 Å². The van der Waals surface area contributed by atoms with Crippen molar-refractivity contribution in [1.29, 1.82) is 5.26 Å². The Bertz CT molecular complexity index is 70.4. The minimum Gasteiger partial charge on any atom is -0.266 e. The van der Waals surface area contributed by atoms with Gasteiger partial charge in [0.2, 0.25) is 18.5 Å². The highest BCUT2D eigenvalue weighted by molar-refractivity contribution is 7.91. The average Bonchev–Trinajstić information content (AvgIpc) is 1.65. The van der Waals surface area contributed by atoms with Crippen molar-refractivity contribution >= 4 is 12.3 Å². The average molecular weight is 108 g/mol. The molecule has 0 fully saturated rings. The molecule has 0 aromatic carbocycles. The second-order valence-electron chi connectivity index (χ2n) is 0.442. The van der Waals surface area contributed by atoms with Crippen LogP contribution in [-0.4, -0.2) is 9.68 Å². The molecule has 34 valence electrons. The second kappa shape index (κ2) is 2.75. The van der Waals surface area contributed by atoms with E-state index in [2.05, 4.69) is 0 Å². The Morgan fingerprint density at radius 3 is 2.50 bits per heavy atom. The van der Waals surface area contributed by atoms with Gasteiger partial charge in [-0.25, -0.2) is 0 Å². The molecule has 0 bridgehead atoms. The van der Waals surface area contributed by atoms with Gasteiger partial charge in [-0.05, 0) is 0 Å². The van der Waals surface area contributed by atoms with Gasteiger partial charge in [0, 0.05) is 0 Å². The highest BCUT2D eigenvalue weighted by atomic mass is 32.2. The van der Waals surface area contributed by atoms with Crippen LogP contribution in [0.15, 0.2) is 0 Å². The molecule has 0 saturated carbocycles. The summed E-state index contributed by atoms with van der Waals surface area (Å²) in [5.74, 6) is 0. The molecule has 0 spiro atoms. The van der Waals surface area contributed by atoms with Crippen LogP contribution in [0.25, 0.3) is 0 Å². The molecule has 0 rings (SSSR count). The number of hydroxylamine groups is 1. The lowest BCUT2D eigenvalue weighted by Crippen LogP contribution is -1.94. The van der Waals surface area contributed by atoms with Gasteiger partial charge in [0.05, 0.1) is 0 Å². The molecule has 0 aliphatic rings. The van der Waals surface area contributed by atoms with Gasteiger partial charge in [0.15, 0.2) is 0 Å². The number of hydrogen-bond acceptors (Lipinski definition) is 4. The van der Waals surface area contributed by atoms with E-state index in [1.165, 1.54) is 0 Å². The Morgan fingerprint density at radius 1 is 2.00 bits per heavy atom. The van der Waals surface area contributed by atoms with Crippen molar-refractivity contribution in [3.63, 3.8) is 0 Å². The van der Waals surface area contributed by atoms with Crippen molar-refractivity contribution in [1.82, 2.24) is 4.47 Å². The third kappa shape index (κ3) is 1.81. The molecule has 0 saturated heterocycles. The van der Waals surface area contributed by atoms with E-state index in [1.807, 2.05) is 0 Å². The number of halogens is 1. The Kier molecular flexibility index (Phi) is 2.54. The number of rotatable bonds is 1. The van der Waals surface area contributed by atoms with E-state index in [0.29, 0.717) is 0 Å². The Hall–Kier alpha value is -0.470. The maximum atomic E-state index is 10.8. The van der Waals surface area contributed by atoms with Crippen molar-refractivity contribution in [2.75, 3.05) is 0 Å². The summed E-state index contributed by atoms with van der Waals surface area (Å²) in [6, 6.07) is 0. The van der Waals surface area contributed by atoms with Crippen LogP contribution in [0.4, 0.5) is 3.89 Å². The van der Waals surface area contributed by atoms with E-state index in [4.69, 9.17) is 10.5 Å². The Morgan fingerprint density at radius 2 is 2.50 bits per heavy atom. The summed E-state index contributed by atoms with van der Waals surface area (Å²) in [6.07, 6.45) is 1.09. The highest BCUT2D eigenvalue weighted by Gasteiger charge is 1.88. The van der Waals surface area contributed by atoms with E-state index in [0.717, 1.165) is 6.19 Å². The first-order chi connectivity index (χ1) is 2.81. The first kappa shape index (κ1) is 5.53. The van der Waals surface area contributed by atoms with Gasteiger partial charge in [-0.1, -0.05) is 4.47 Å². The summed E-state index contributed by atoms with van der Waals surface area (Å²) in [6.45, 7) is 0. The number of nitriles is 1. The minimum atomic E-state index is -0.547. The minimum absolute atomic E-state index is 0.194. The highest BCUT2D eigenvalue weighted by Crippen LogP contribution is 2.02. The fourth-order valence-electron chi connectivity index (χ4n) is 0.0154. The first-order valence-electron chi connectivity index (χ1n) is 0.984. The number of hydrogen-bond donors (Lipinski definition) is 1. The van der Waals surface area contributed by atoms with Gasteiger partial charge in [-0.15, -0.1) is 3.89 Å². The fourth-order valence-corrected chi connectivity index (χ4v) is 0.0463. The van der Waals surface area contributed by atoms with Gasteiger partial charge in [-0.3, -0.25) is 5.21 Å². The molecule has 5 heteroatoms. The van der Waals surface area contributed by atoms with E-state index < -0.39 is 12.3 Å². The third-order valence-electron chi connectivity index (χ3n) is 0.151. The summed E-state index contributed by atoms with van der Waals surface area (Å²) in [4.78, 5) is 0. The maximum Gasteiger partial charge on any atom is 0.219 e. The molecule has 0 aliphatic carbocycles. The van der Waals surface area contributed by atoms with E-state index in [9.17, 15) is 3.89 Å². The zero-order valence-corrected chi connectivity index (χ0v) is 3.44. The molecule has 0 atom stereocenters. The van der Waals surface area contributed by atoms with Gasteiger partial charge < -0.3 is 0 Å². The van der Waals surface area contributed by atoms with E-state index in [-0.39, 0.29) is 4.47 Å². The molecule has 0 amide bonds. The van der Waals surface area contributed by atoms with Crippen molar-refractivity contribution in [2.24, 2.45) is 0 Å². The van der Waals surface area contributed by atoms with Gasteiger partial charge >= 0.3 is 0 Å². The molecule has 0 radical (unpaired) electrons. The van der Waals surface area contributed by atoms with Crippen LogP contribution >= 0.6 is 12.3 Å². The normalized spacial score (nSPS) is 6.83. The smallest absolute Gasteiger partial charge is 0.219 e. The monoisotopic (exact) mass is 108 g/mol. The lowest BCUT2D eigenvalue weighted by Gasteiger charge is -1.89. The van der Waals surface area contributed by atoms with Crippen LogP contribution in [0.1, 0.15) is 0 Å². The summed E-state index contributed by atoms with van der Waals surface area (Å²) in [5, 5.41) is 15.2. The summed E-state index contributed by atoms with van der Waals surface area (Å²) < 4.78 is 10.6. The van der Waals surface area contributed by atoms with Crippen molar-refractivity contribution in [3.05, 3.63) is 0 Å². The summed E-state index contributed by atoms with van der Waals surface area (Å²) >= 11 is -0.547. The van der Waals surface area contributed by atoms with Crippen LogP contribution in [0, 0.1) is 11.5 Å². The molecule has 0 aromatic heterocycles. The topological polar surface area (TPSA) is 47.3 Å². The van der Waals surface area contributed by atoms with Crippen LogP contribution in [-0.2, 0) is 0 Å². The third-order valence-corrected chi connectivity index (χ3v) is 0.363. The molecular weight excluding hydrogens is 107 g/mol. The van der Waals surface area contributed by atoms with Gasteiger partial charge in [-0.2, -0.15) is 5.26 Å².